The normalized spacial score (nSPS) is 13.7. The molecule has 0 saturated carbocycles. The van der Waals surface area contributed by atoms with Crippen molar-refractivity contribution in [3.05, 3.63) is 65.2 Å². The van der Waals surface area contributed by atoms with Crippen LogP contribution in [0.25, 0.3) is 0 Å². The first-order valence-electron chi connectivity index (χ1n) is 15.5. The van der Waals surface area contributed by atoms with E-state index in [1.807, 2.05) is 12.1 Å². The Labute approximate surface area is 239 Å². The molecule has 0 fully saturated rings. The van der Waals surface area contributed by atoms with Crippen LogP contribution >= 0.6 is 0 Å². The van der Waals surface area contributed by atoms with Crippen LogP contribution in [0.2, 0.25) is 0 Å². The van der Waals surface area contributed by atoms with Crippen LogP contribution in [0.5, 0.6) is 5.75 Å². The summed E-state index contributed by atoms with van der Waals surface area (Å²) >= 11 is 0. The molecule has 39 heavy (non-hydrogen) atoms. The molecule has 2 aromatic carbocycles. The topological polar surface area (TPSA) is 57.7 Å². The molecule has 0 bridgehead atoms. The summed E-state index contributed by atoms with van der Waals surface area (Å²) in [7, 11) is 3.47. The highest BCUT2D eigenvalue weighted by atomic mass is 16.5. The Balaban J connectivity index is 1.92. The number of benzene rings is 2. The minimum absolute atomic E-state index is 0.174. The molecular weight excluding hydrogens is 478 g/mol. The molecule has 4 nitrogen and oxygen atoms in total. The third-order valence-electron chi connectivity index (χ3n) is 8.06. The summed E-state index contributed by atoms with van der Waals surface area (Å²) in [6, 6.07) is 19.9. The molecule has 0 spiro atoms. The van der Waals surface area contributed by atoms with Crippen LogP contribution in [0, 0.1) is 18.3 Å². The van der Waals surface area contributed by atoms with Crippen molar-refractivity contribution in [3.63, 3.8) is 0 Å². The fraction of sp³-hybridized carbons (Fsp3) is 0.629. The van der Waals surface area contributed by atoms with Gasteiger partial charge in [0.15, 0.2) is 0 Å². The fourth-order valence-corrected chi connectivity index (χ4v) is 5.67. The van der Waals surface area contributed by atoms with Gasteiger partial charge < -0.3 is 4.74 Å². The minimum atomic E-state index is -0.424. The molecule has 2 aromatic rings. The number of azo groups is 1. The van der Waals surface area contributed by atoms with Crippen molar-refractivity contribution in [1.29, 1.82) is 5.26 Å². The fourth-order valence-electron chi connectivity index (χ4n) is 5.67. The lowest BCUT2D eigenvalue weighted by Gasteiger charge is -2.28. The van der Waals surface area contributed by atoms with E-state index in [-0.39, 0.29) is 6.04 Å². The first-order chi connectivity index (χ1) is 19.1. The summed E-state index contributed by atoms with van der Waals surface area (Å²) in [4.78, 5) is 0. The van der Waals surface area contributed by atoms with Crippen LogP contribution in [0.3, 0.4) is 0 Å². The molecule has 0 radical (unpaired) electrons. The summed E-state index contributed by atoms with van der Waals surface area (Å²) in [5.41, 5.74) is 3.25. The molecule has 4 heteroatoms. The molecule has 2 unspecified atom stereocenters. The van der Waals surface area contributed by atoms with Crippen LogP contribution in [0.15, 0.2) is 58.8 Å². The summed E-state index contributed by atoms with van der Waals surface area (Å²) in [5, 5.41) is 19.2. The maximum atomic E-state index is 10.5. The predicted molar refractivity (Wildman–Crippen MR) is 165 cm³/mol. The van der Waals surface area contributed by atoms with Gasteiger partial charge in [-0.15, -0.1) is 0 Å². The Morgan fingerprint density at radius 2 is 1.51 bits per heavy atom. The van der Waals surface area contributed by atoms with Crippen molar-refractivity contribution < 1.29 is 4.74 Å². The van der Waals surface area contributed by atoms with Crippen LogP contribution < -0.4 is 4.74 Å². The third-order valence-corrected chi connectivity index (χ3v) is 8.06. The van der Waals surface area contributed by atoms with Gasteiger partial charge in [0.2, 0.25) is 0 Å². The van der Waals surface area contributed by atoms with E-state index in [1.165, 1.54) is 74.5 Å². The highest BCUT2D eigenvalue weighted by Gasteiger charge is 2.31. The first-order valence-corrected chi connectivity index (χ1v) is 15.5. The van der Waals surface area contributed by atoms with Crippen molar-refractivity contribution in [2.75, 3.05) is 14.2 Å². The van der Waals surface area contributed by atoms with E-state index < -0.39 is 5.41 Å². The van der Waals surface area contributed by atoms with E-state index in [9.17, 15) is 5.26 Å². The highest BCUT2D eigenvalue weighted by Crippen LogP contribution is 2.36. The highest BCUT2D eigenvalue weighted by molar-refractivity contribution is 5.35. The van der Waals surface area contributed by atoms with Gasteiger partial charge in [-0.3, -0.25) is 0 Å². The van der Waals surface area contributed by atoms with Gasteiger partial charge in [-0.1, -0.05) is 113 Å². The third kappa shape index (κ3) is 12.4. The number of hydrogen-bond donors (Lipinski definition) is 0. The van der Waals surface area contributed by atoms with E-state index in [0.717, 1.165) is 50.7 Å². The number of nitriles is 1. The van der Waals surface area contributed by atoms with Crippen LogP contribution in [-0.4, -0.2) is 20.2 Å². The molecule has 0 amide bonds. The lowest BCUT2D eigenvalue weighted by Crippen LogP contribution is -2.25. The number of ether oxygens (including phenoxy) is 1. The zero-order valence-electron chi connectivity index (χ0n) is 25.3. The maximum Gasteiger partial charge on any atom is 0.119 e. The molecule has 0 heterocycles. The zero-order chi connectivity index (χ0) is 28.2. The molecule has 0 N–H and O–H groups in total. The van der Waals surface area contributed by atoms with Gasteiger partial charge in [-0.05, 0) is 68.7 Å². The monoisotopic (exact) mass is 531 g/mol. The maximum absolute atomic E-state index is 10.5. The summed E-state index contributed by atoms with van der Waals surface area (Å²) in [5.74, 6) is 0.894. The minimum Gasteiger partial charge on any atom is -0.497 e. The Morgan fingerprint density at radius 3 is 2.15 bits per heavy atom. The van der Waals surface area contributed by atoms with Gasteiger partial charge in [-0.2, -0.15) is 15.5 Å². The number of aryl methyl sites for hydroxylation is 2. The van der Waals surface area contributed by atoms with Crippen molar-refractivity contribution in [2.24, 2.45) is 10.2 Å². The standard InChI is InChI=1S/C35H53N3O/c1-5-6-7-8-9-10-11-12-13-14-25-35(29-36,32-20-15-18-30(2)27-32)26-17-21-33(38-37-3)24-23-31-19-16-22-34(28-31)39-4/h15-16,18-20,22,27-28,33H,5-14,17,21,23-26H2,1-4H3/b38-37+. The van der Waals surface area contributed by atoms with E-state index in [2.05, 4.69) is 66.5 Å². The van der Waals surface area contributed by atoms with E-state index in [0.29, 0.717) is 0 Å². The molecule has 0 aliphatic rings. The van der Waals surface area contributed by atoms with Crippen LogP contribution in [0.1, 0.15) is 120 Å². The summed E-state index contributed by atoms with van der Waals surface area (Å²) < 4.78 is 5.38. The number of hydrogen-bond acceptors (Lipinski definition) is 4. The number of methoxy groups -OCH3 is 1. The molecule has 214 valence electrons. The second-order valence-electron chi connectivity index (χ2n) is 11.2. The second-order valence-corrected chi connectivity index (χ2v) is 11.2. The Bertz CT molecular complexity index is 995. The van der Waals surface area contributed by atoms with Crippen molar-refractivity contribution in [2.45, 2.75) is 128 Å². The summed E-state index contributed by atoms with van der Waals surface area (Å²) in [6.07, 6.45) is 18.8. The SMILES string of the molecule is CCCCCCCCCCCCC(C#N)(CCCC(CCc1cccc(OC)c1)/N=N/C)c1cccc(C)c1. The first kappa shape index (κ1) is 32.5. The van der Waals surface area contributed by atoms with Gasteiger partial charge in [-0.25, -0.2) is 0 Å². The Kier molecular flexibility index (Phi) is 16.2. The molecule has 0 saturated heterocycles. The lowest BCUT2D eigenvalue weighted by molar-refractivity contribution is 0.399. The molecular formula is C35H53N3O. The molecule has 0 aliphatic carbocycles. The number of unbranched alkanes of at least 4 members (excludes halogenated alkanes) is 9. The lowest BCUT2D eigenvalue weighted by atomic mass is 9.73. The van der Waals surface area contributed by atoms with Crippen molar-refractivity contribution in [1.82, 2.24) is 0 Å². The number of rotatable bonds is 21. The Morgan fingerprint density at radius 1 is 0.846 bits per heavy atom. The predicted octanol–water partition coefficient (Wildman–Crippen LogP) is 10.3. The smallest absolute Gasteiger partial charge is 0.119 e. The average molecular weight is 532 g/mol. The molecule has 2 rings (SSSR count). The van der Waals surface area contributed by atoms with Gasteiger partial charge in [0.1, 0.15) is 5.75 Å². The van der Waals surface area contributed by atoms with Gasteiger partial charge >= 0.3 is 0 Å². The number of nitrogens with zero attached hydrogens (tertiary/aromatic N) is 3. The van der Waals surface area contributed by atoms with E-state index >= 15 is 0 Å². The Hall–Kier alpha value is -2.67. The summed E-state index contributed by atoms with van der Waals surface area (Å²) in [6.45, 7) is 4.40. The quantitative estimate of drug-likeness (QED) is 0.119. The van der Waals surface area contributed by atoms with Gasteiger partial charge in [0.25, 0.3) is 0 Å². The second kappa shape index (κ2) is 19.4. The van der Waals surface area contributed by atoms with E-state index in [4.69, 9.17) is 4.74 Å². The van der Waals surface area contributed by atoms with Crippen molar-refractivity contribution in [3.8, 4) is 11.8 Å². The molecule has 0 aliphatic heterocycles. The molecule has 0 aromatic heterocycles. The van der Waals surface area contributed by atoms with E-state index in [1.54, 1.807) is 14.2 Å². The van der Waals surface area contributed by atoms with Crippen LogP contribution in [0.4, 0.5) is 0 Å². The largest absolute Gasteiger partial charge is 0.497 e. The van der Waals surface area contributed by atoms with Crippen LogP contribution in [-0.2, 0) is 11.8 Å². The van der Waals surface area contributed by atoms with Crippen molar-refractivity contribution >= 4 is 0 Å². The van der Waals surface area contributed by atoms with Gasteiger partial charge in [0.05, 0.1) is 24.6 Å². The zero-order valence-corrected chi connectivity index (χ0v) is 25.3. The molecule has 2 atom stereocenters. The average Bonchev–Trinajstić information content (AvgIpc) is 2.96. The van der Waals surface area contributed by atoms with Gasteiger partial charge in [0, 0.05) is 7.05 Å².